The summed E-state index contributed by atoms with van der Waals surface area (Å²) in [6, 6.07) is -0.352. The summed E-state index contributed by atoms with van der Waals surface area (Å²) in [7, 11) is 4.25. The first-order chi connectivity index (χ1) is 9.41. The van der Waals surface area contributed by atoms with Gasteiger partial charge in [-0.1, -0.05) is 39.5 Å². The number of nitrogens with two attached hydrogens (primary N) is 1. The van der Waals surface area contributed by atoms with Crippen molar-refractivity contribution in [3.05, 3.63) is 0 Å². The Balaban J connectivity index is 2.52. The van der Waals surface area contributed by atoms with Crippen LogP contribution in [0, 0.1) is 5.92 Å². The predicted octanol–water partition coefficient (Wildman–Crippen LogP) is 2.13. The Morgan fingerprint density at radius 2 is 2.20 bits per heavy atom. The number of carbonyl (C=O) groups is 1. The van der Waals surface area contributed by atoms with E-state index in [4.69, 9.17) is 5.73 Å². The molecular weight excluding hydrogens is 250 g/mol. The maximum atomic E-state index is 12.1. The van der Waals surface area contributed by atoms with Crippen molar-refractivity contribution in [3.63, 3.8) is 0 Å². The zero-order valence-corrected chi connectivity index (χ0v) is 13.7. The lowest BCUT2D eigenvalue weighted by molar-refractivity contribution is -0.123. The number of carbonyl (C=O) groups excluding carboxylic acids is 1. The second kappa shape index (κ2) is 7.99. The van der Waals surface area contributed by atoms with Gasteiger partial charge in [-0.05, 0) is 39.3 Å². The standard InChI is InChI=1S/C16H33N3O/c1-5-6-9-14(17)15(20)18-12-16(19(3)4)10-7-8-13(2)11-16/h13-14H,5-12,17H2,1-4H3,(H,18,20)/t13?,14-,16?/m0/s1. The fourth-order valence-corrected chi connectivity index (χ4v) is 3.30. The first-order valence-corrected chi connectivity index (χ1v) is 8.12. The lowest BCUT2D eigenvalue weighted by Gasteiger charge is -2.45. The van der Waals surface area contributed by atoms with Gasteiger partial charge >= 0.3 is 0 Å². The van der Waals surface area contributed by atoms with Crippen LogP contribution < -0.4 is 11.1 Å². The van der Waals surface area contributed by atoms with Gasteiger partial charge in [0.25, 0.3) is 0 Å². The van der Waals surface area contributed by atoms with Crippen LogP contribution in [0.15, 0.2) is 0 Å². The van der Waals surface area contributed by atoms with Crippen molar-refractivity contribution in [1.29, 1.82) is 0 Å². The molecule has 0 heterocycles. The number of hydrogen-bond donors (Lipinski definition) is 2. The largest absolute Gasteiger partial charge is 0.353 e. The second-order valence-corrected chi connectivity index (χ2v) is 6.79. The molecule has 2 unspecified atom stereocenters. The summed E-state index contributed by atoms with van der Waals surface area (Å²) in [5, 5.41) is 3.10. The topological polar surface area (TPSA) is 58.4 Å². The molecular formula is C16H33N3O. The van der Waals surface area contributed by atoms with E-state index in [2.05, 4.69) is 38.2 Å². The van der Waals surface area contributed by atoms with Crippen LogP contribution in [0.5, 0.6) is 0 Å². The predicted molar refractivity (Wildman–Crippen MR) is 84.6 cm³/mol. The molecule has 0 bridgehead atoms. The van der Waals surface area contributed by atoms with Crippen molar-refractivity contribution >= 4 is 5.91 Å². The Hall–Kier alpha value is -0.610. The molecule has 3 atom stereocenters. The van der Waals surface area contributed by atoms with Gasteiger partial charge in [-0.25, -0.2) is 0 Å². The lowest BCUT2D eigenvalue weighted by Crippen LogP contribution is -2.56. The third kappa shape index (κ3) is 4.74. The number of rotatable bonds is 7. The third-order valence-corrected chi connectivity index (χ3v) is 4.81. The Kier molecular flexibility index (Phi) is 6.96. The molecule has 0 aliphatic heterocycles. The van der Waals surface area contributed by atoms with Gasteiger partial charge in [0, 0.05) is 12.1 Å². The molecule has 0 spiro atoms. The number of amides is 1. The van der Waals surface area contributed by atoms with E-state index in [1.165, 1.54) is 12.8 Å². The normalized spacial score (nSPS) is 28.4. The summed E-state index contributed by atoms with van der Waals surface area (Å²) in [5.41, 5.74) is 6.05. The van der Waals surface area contributed by atoms with Gasteiger partial charge in [-0.3, -0.25) is 4.79 Å². The molecule has 1 fully saturated rings. The lowest BCUT2D eigenvalue weighted by atomic mass is 9.75. The molecule has 1 saturated carbocycles. The highest BCUT2D eigenvalue weighted by atomic mass is 16.2. The van der Waals surface area contributed by atoms with Crippen LogP contribution >= 0.6 is 0 Å². The molecule has 0 saturated heterocycles. The Morgan fingerprint density at radius 1 is 1.50 bits per heavy atom. The Labute approximate surface area is 124 Å². The molecule has 1 amide bonds. The van der Waals surface area contributed by atoms with E-state index in [0.717, 1.165) is 44.6 Å². The summed E-state index contributed by atoms with van der Waals surface area (Å²) >= 11 is 0. The van der Waals surface area contributed by atoms with Crippen molar-refractivity contribution in [3.8, 4) is 0 Å². The second-order valence-electron chi connectivity index (χ2n) is 6.79. The van der Waals surface area contributed by atoms with Crippen LogP contribution in [0.3, 0.4) is 0 Å². The number of nitrogens with zero attached hydrogens (tertiary/aromatic N) is 1. The average Bonchev–Trinajstić information content (AvgIpc) is 2.41. The summed E-state index contributed by atoms with van der Waals surface area (Å²) < 4.78 is 0. The maximum absolute atomic E-state index is 12.1. The number of unbranched alkanes of at least 4 members (excludes halogenated alkanes) is 1. The van der Waals surface area contributed by atoms with Crippen LogP contribution in [0.4, 0.5) is 0 Å². The molecule has 20 heavy (non-hydrogen) atoms. The first kappa shape index (κ1) is 17.4. The highest BCUT2D eigenvalue weighted by Gasteiger charge is 2.37. The quantitative estimate of drug-likeness (QED) is 0.752. The first-order valence-electron chi connectivity index (χ1n) is 8.12. The average molecular weight is 283 g/mol. The van der Waals surface area contributed by atoms with Crippen LogP contribution in [0.2, 0.25) is 0 Å². The zero-order valence-electron chi connectivity index (χ0n) is 13.7. The SMILES string of the molecule is CCCC[C@H](N)C(=O)NCC1(N(C)C)CCCC(C)C1. The minimum atomic E-state index is -0.352. The Morgan fingerprint density at radius 3 is 2.75 bits per heavy atom. The number of likely N-dealkylation sites (N-methyl/N-ethyl adjacent to an activating group) is 1. The minimum Gasteiger partial charge on any atom is -0.353 e. The highest BCUT2D eigenvalue weighted by molar-refractivity contribution is 5.81. The van der Waals surface area contributed by atoms with Crippen molar-refractivity contribution in [2.24, 2.45) is 11.7 Å². The molecule has 0 aromatic heterocycles. The van der Waals surface area contributed by atoms with Gasteiger partial charge < -0.3 is 16.0 Å². The van der Waals surface area contributed by atoms with E-state index in [1.54, 1.807) is 0 Å². The van der Waals surface area contributed by atoms with Crippen molar-refractivity contribution < 1.29 is 4.79 Å². The van der Waals surface area contributed by atoms with Gasteiger partial charge in [-0.15, -0.1) is 0 Å². The molecule has 4 nitrogen and oxygen atoms in total. The van der Waals surface area contributed by atoms with Crippen LogP contribution in [0.1, 0.15) is 58.8 Å². The monoisotopic (exact) mass is 283 g/mol. The smallest absolute Gasteiger partial charge is 0.236 e. The fraction of sp³-hybridized carbons (Fsp3) is 0.938. The molecule has 3 N–H and O–H groups in total. The molecule has 4 heteroatoms. The van der Waals surface area contributed by atoms with Crippen LogP contribution in [-0.2, 0) is 4.79 Å². The van der Waals surface area contributed by atoms with Crippen molar-refractivity contribution in [2.75, 3.05) is 20.6 Å². The fourth-order valence-electron chi connectivity index (χ4n) is 3.30. The zero-order chi connectivity index (χ0) is 15.2. The number of hydrogen-bond acceptors (Lipinski definition) is 3. The molecule has 0 aromatic carbocycles. The molecule has 118 valence electrons. The third-order valence-electron chi connectivity index (χ3n) is 4.81. The van der Waals surface area contributed by atoms with Gasteiger partial charge in [0.2, 0.25) is 5.91 Å². The van der Waals surface area contributed by atoms with E-state index < -0.39 is 0 Å². The number of nitrogens with one attached hydrogen (secondary N) is 1. The van der Waals surface area contributed by atoms with Crippen LogP contribution in [0.25, 0.3) is 0 Å². The molecule has 0 radical (unpaired) electrons. The molecule has 1 aliphatic rings. The summed E-state index contributed by atoms with van der Waals surface area (Å²) in [6.07, 6.45) is 7.76. The molecule has 1 rings (SSSR count). The highest BCUT2D eigenvalue weighted by Crippen LogP contribution is 2.35. The summed E-state index contributed by atoms with van der Waals surface area (Å²) in [5.74, 6) is 0.745. The van der Waals surface area contributed by atoms with Gasteiger partial charge in [0.05, 0.1) is 6.04 Å². The Bertz CT molecular complexity index is 306. The van der Waals surface area contributed by atoms with E-state index in [9.17, 15) is 4.79 Å². The summed E-state index contributed by atoms with van der Waals surface area (Å²) in [6.45, 7) is 5.16. The van der Waals surface area contributed by atoms with Gasteiger partial charge in [0.1, 0.15) is 0 Å². The molecule has 1 aliphatic carbocycles. The van der Waals surface area contributed by atoms with E-state index in [0.29, 0.717) is 0 Å². The van der Waals surface area contributed by atoms with E-state index >= 15 is 0 Å². The van der Waals surface area contributed by atoms with Gasteiger partial charge in [0.15, 0.2) is 0 Å². The van der Waals surface area contributed by atoms with E-state index in [1.807, 2.05) is 0 Å². The van der Waals surface area contributed by atoms with E-state index in [-0.39, 0.29) is 17.5 Å². The van der Waals surface area contributed by atoms with Gasteiger partial charge in [-0.2, -0.15) is 0 Å². The minimum absolute atomic E-state index is 0.0119. The van der Waals surface area contributed by atoms with Crippen LogP contribution in [-0.4, -0.2) is 43.0 Å². The summed E-state index contributed by atoms with van der Waals surface area (Å²) in [4.78, 5) is 14.4. The van der Waals surface area contributed by atoms with Crippen molar-refractivity contribution in [2.45, 2.75) is 70.4 Å². The molecule has 0 aromatic rings. The van der Waals surface area contributed by atoms with Crippen molar-refractivity contribution in [1.82, 2.24) is 10.2 Å². The maximum Gasteiger partial charge on any atom is 0.236 e.